The maximum absolute atomic E-state index is 11.6. The fourth-order valence-electron chi connectivity index (χ4n) is 2.59. The van der Waals surface area contributed by atoms with Crippen LogP contribution in [0, 0.1) is 0 Å². The molecule has 2 unspecified atom stereocenters. The van der Waals surface area contributed by atoms with E-state index < -0.39 is 0 Å². The van der Waals surface area contributed by atoms with Crippen LogP contribution >= 0.6 is 0 Å². The molecular formula is C16H16N2O2. The molecule has 4 heteroatoms. The molecule has 20 heavy (non-hydrogen) atoms. The highest BCUT2D eigenvalue weighted by Gasteiger charge is 2.33. The molecule has 2 atom stereocenters. The van der Waals surface area contributed by atoms with Crippen LogP contribution in [0.5, 0.6) is 0 Å². The highest BCUT2D eigenvalue weighted by molar-refractivity contribution is 6.02. The van der Waals surface area contributed by atoms with Crippen molar-refractivity contribution in [2.75, 3.05) is 7.11 Å². The number of rotatable bonds is 2. The summed E-state index contributed by atoms with van der Waals surface area (Å²) in [6.07, 6.45) is 5.44. The van der Waals surface area contributed by atoms with Crippen LogP contribution in [0.1, 0.15) is 18.5 Å². The van der Waals surface area contributed by atoms with Crippen LogP contribution in [0.4, 0.5) is 0 Å². The molecule has 0 saturated carbocycles. The lowest BCUT2D eigenvalue weighted by Crippen LogP contribution is -2.32. The molecule has 0 N–H and O–H groups in total. The summed E-state index contributed by atoms with van der Waals surface area (Å²) in [6.45, 7) is 2.11. The highest BCUT2D eigenvalue weighted by atomic mass is 16.5. The number of esters is 1. The van der Waals surface area contributed by atoms with Crippen molar-refractivity contribution in [2.45, 2.75) is 19.0 Å². The predicted octanol–water partition coefficient (Wildman–Crippen LogP) is 2.46. The number of hydrogen-bond acceptors (Lipinski definition) is 4. The van der Waals surface area contributed by atoms with Gasteiger partial charge in [0.25, 0.3) is 0 Å². The van der Waals surface area contributed by atoms with Gasteiger partial charge in [-0.15, -0.1) is 0 Å². The molecule has 0 saturated heterocycles. The van der Waals surface area contributed by atoms with E-state index in [0.717, 1.165) is 5.84 Å². The van der Waals surface area contributed by atoms with Crippen molar-refractivity contribution in [3.63, 3.8) is 0 Å². The quantitative estimate of drug-likeness (QED) is 0.774. The van der Waals surface area contributed by atoms with Crippen LogP contribution < -0.4 is 0 Å². The molecule has 102 valence electrons. The van der Waals surface area contributed by atoms with Crippen LogP contribution in [-0.2, 0) is 9.53 Å². The zero-order valence-electron chi connectivity index (χ0n) is 11.5. The minimum atomic E-state index is -0.323. The first-order valence-electron chi connectivity index (χ1n) is 6.60. The minimum absolute atomic E-state index is 0.0871. The number of hydrogen-bond donors (Lipinski definition) is 0. The lowest BCUT2D eigenvalue weighted by atomic mass is 10.0. The van der Waals surface area contributed by atoms with Gasteiger partial charge in [-0.3, -0.25) is 4.99 Å². The van der Waals surface area contributed by atoms with Crippen LogP contribution in [0.2, 0.25) is 0 Å². The Labute approximate surface area is 118 Å². The van der Waals surface area contributed by atoms with E-state index >= 15 is 0 Å². The molecule has 2 aliphatic rings. The molecular weight excluding hydrogens is 252 g/mol. The molecule has 0 radical (unpaired) electrons. The lowest BCUT2D eigenvalue weighted by molar-refractivity contribution is -0.135. The number of benzene rings is 1. The summed E-state index contributed by atoms with van der Waals surface area (Å²) >= 11 is 0. The Morgan fingerprint density at radius 3 is 2.70 bits per heavy atom. The van der Waals surface area contributed by atoms with Gasteiger partial charge in [0.2, 0.25) is 0 Å². The van der Waals surface area contributed by atoms with Gasteiger partial charge in [0, 0.05) is 6.20 Å². The fraction of sp³-hybridized carbons (Fsp3) is 0.250. The second kappa shape index (κ2) is 4.96. The van der Waals surface area contributed by atoms with Gasteiger partial charge in [-0.05, 0) is 24.6 Å². The third kappa shape index (κ3) is 2.03. The van der Waals surface area contributed by atoms with Crippen molar-refractivity contribution < 1.29 is 9.53 Å². The Bertz CT molecular complexity index is 617. The largest absolute Gasteiger partial charge is 0.465 e. The first kappa shape index (κ1) is 12.7. The maximum Gasteiger partial charge on any atom is 0.339 e. The monoisotopic (exact) mass is 268 g/mol. The molecule has 2 heterocycles. The van der Waals surface area contributed by atoms with Crippen molar-refractivity contribution >= 4 is 11.8 Å². The van der Waals surface area contributed by atoms with Gasteiger partial charge >= 0.3 is 5.97 Å². The summed E-state index contributed by atoms with van der Waals surface area (Å²) in [6, 6.07) is 10.5. The van der Waals surface area contributed by atoms with Gasteiger partial charge in [-0.25, -0.2) is 4.79 Å². The zero-order valence-corrected chi connectivity index (χ0v) is 11.5. The Balaban J connectivity index is 1.90. The summed E-state index contributed by atoms with van der Waals surface area (Å²) < 4.78 is 4.76. The number of fused-ring (bicyclic) bond motifs is 1. The van der Waals surface area contributed by atoms with Gasteiger partial charge < -0.3 is 9.64 Å². The van der Waals surface area contributed by atoms with E-state index in [0.29, 0.717) is 5.57 Å². The number of nitrogens with zero attached hydrogens (tertiary/aromatic N) is 2. The van der Waals surface area contributed by atoms with Gasteiger partial charge in [0.1, 0.15) is 5.84 Å². The molecule has 0 aliphatic carbocycles. The summed E-state index contributed by atoms with van der Waals surface area (Å²) in [5.41, 5.74) is 1.73. The summed E-state index contributed by atoms with van der Waals surface area (Å²) in [7, 11) is 1.39. The van der Waals surface area contributed by atoms with E-state index in [1.807, 2.05) is 35.4 Å². The highest BCUT2D eigenvalue weighted by Crippen LogP contribution is 2.33. The van der Waals surface area contributed by atoms with Crippen molar-refractivity contribution in [2.24, 2.45) is 4.99 Å². The lowest BCUT2D eigenvalue weighted by Gasteiger charge is -2.25. The molecule has 0 fully saturated rings. The van der Waals surface area contributed by atoms with Gasteiger partial charge in [0.15, 0.2) is 0 Å². The van der Waals surface area contributed by atoms with Crippen molar-refractivity contribution in [1.82, 2.24) is 4.90 Å². The van der Waals surface area contributed by atoms with Gasteiger partial charge in [0.05, 0.1) is 24.8 Å². The Morgan fingerprint density at radius 1 is 1.25 bits per heavy atom. The van der Waals surface area contributed by atoms with Crippen molar-refractivity contribution in [3.8, 4) is 0 Å². The number of carbonyl (C=O) groups excluding carboxylic acids is 1. The summed E-state index contributed by atoms with van der Waals surface area (Å²) in [5, 5.41) is 0. The molecule has 0 spiro atoms. The number of aliphatic imine (C=N–C) groups is 1. The van der Waals surface area contributed by atoms with Crippen LogP contribution in [0.3, 0.4) is 0 Å². The fourth-order valence-corrected chi connectivity index (χ4v) is 2.59. The topological polar surface area (TPSA) is 41.9 Å². The number of methoxy groups -OCH3 is 1. The number of amidine groups is 1. The van der Waals surface area contributed by atoms with E-state index in [2.05, 4.69) is 19.1 Å². The third-order valence-electron chi connectivity index (χ3n) is 3.68. The molecule has 0 amide bonds. The molecule has 2 aliphatic heterocycles. The molecule has 3 rings (SSSR count). The average Bonchev–Trinajstić information content (AvgIpc) is 2.84. The van der Waals surface area contributed by atoms with Gasteiger partial charge in [-0.1, -0.05) is 30.3 Å². The normalized spacial score (nSPS) is 24.0. The van der Waals surface area contributed by atoms with Crippen LogP contribution in [0.25, 0.3) is 0 Å². The SMILES string of the molecule is COC(=O)C1=CN2C(=NC(c3ccccc3)C2C)C=C1. The molecule has 1 aromatic carbocycles. The van der Waals surface area contributed by atoms with E-state index in [1.165, 1.54) is 12.7 Å². The second-order valence-corrected chi connectivity index (χ2v) is 4.90. The maximum atomic E-state index is 11.6. The molecule has 0 aromatic heterocycles. The first-order valence-corrected chi connectivity index (χ1v) is 6.60. The number of ether oxygens (including phenoxy) is 1. The summed E-state index contributed by atoms with van der Waals surface area (Å²) in [5.74, 6) is 0.565. The third-order valence-corrected chi connectivity index (χ3v) is 3.68. The number of carbonyl (C=O) groups is 1. The van der Waals surface area contributed by atoms with Gasteiger partial charge in [-0.2, -0.15) is 0 Å². The van der Waals surface area contributed by atoms with Crippen LogP contribution in [0.15, 0.2) is 59.2 Å². The van der Waals surface area contributed by atoms with E-state index in [1.54, 1.807) is 6.08 Å². The summed E-state index contributed by atoms with van der Waals surface area (Å²) in [4.78, 5) is 18.4. The smallest absolute Gasteiger partial charge is 0.339 e. The predicted molar refractivity (Wildman–Crippen MR) is 77.2 cm³/mol. The van der Waals surface area contributed by atoms with Crippen molar-refractivity contribution in [1.29, 1.82) is 0 Å². The Hall–Kier alpha value is -2.36. The first-order chi connectivity index (χ1) is 9.70. The van der Waals surface area contributed by atoms with Crippen molar-refractivity contribution in [3.05, 3.63) is 59.8 Å². The van der Waals surface area contributed by atoms with E-state index in [4.69, 9.17) is 9.73 Å². The standard InChI is InChI=1S/C16H16N2O2/c1-11-15(12-6-4-3-5-7-12)17-14-9-8-13(10-18(11)14)16(19)20-2/h3-11,15H,1-2H3. The minimum Gasteiger partial charge on any atom is -0.465 e. The zero-order chi connectivity index (χ0) is 14.1. The van der Waals surface area contributed by atoms with Crippen LogP contribution in [-0.4, -0.2) is 29.9 Å². The second-order valence-electron chi connectivity index (χ2n) is 4.90. The molecule has 0 bridgehead atoms. The molecule has 1 aromatic rings. The Morgan fingerprint density at radius 2 is 2.00 bits per heavy atom. The van der Waals surface area contributed by atoms with E-state index in [9.17, 15) is 4.79 Å². The van der Waals surface area contributed by atoms with E-state index in [-0.39, 0.29) is 18.1 Å². The Kier molecular flexibility index (Phi) is 3.14. The average molecular weight is 268 g/mol. The molecule has 4 nitrogen and oxygen atoms in total.